The van der Waals surface area contributed by atoms with E-state index in [2.05, 4.69) is 11.8 Å². The van der Waals surface area contributed by atoms with Gasteiger partial charge < -0.3 is 14.2 Å². The van der Waals surface area contributed by atoms with Gasteiger partial charge in [0.15, 0.2) is 0 Å². The van der Waals surface area contributed by atoms with Crippen molar-refractivity contribution in [2.24, 2.45) is 17.8 Å². The van der Waals surface area contributed by atoms with Crippen molar-refractivity contribution in [1.29, 1.82) is 0 Å². The molecule has 5 rings (SSSR count). The van der Waals surface area contributed by atoms with E-state index in [1.807, 2.05) is 19.9 Å². The Kier molecular flexibility index (Phi) is 4.36. The number of rotatable bonds is 2. The van der Waals surface area contributed by atoms with Gasteiger partial charge in [-0.2, -0.15) is 0 Å². The SMILES string of the molecule is CCC1C2C(CCCN3C(C4CC(C)C(=O)O4)CCC23)OC12C=C(C)C(=O)O2. The van der Waals surface area contributed by atoms with Crippen LogP contribution in [0.25, 0.3) is 0 Å². The van der Waals surface area contributed by atoms with Gasteiger partial charge in [-0.25, -0.2) is 4.79 Å². The Morgan fingerprint density at radius 2 is 1.96 bits per heavy atom. The Morgan fingerprint density at radius 1 is 1.18 bits per heavy atom. The third kappa shape index (κ3) is 2.60. The van der Waals surface area contributed by atoms with Crippen molar-refractivity contribution in [3.05, 3.63) is 11.6 Å². The Labute approximate surface area is 166 Å². The van der Waals surface area contributed by atoms with Gasteiger partial charge in [-0.1, -0.05) is 13.8 Å². The number of ether oxygens (including phenoxy) is 3. The number of nitrogens with zero attached hydrogens (tertiary/aromatic N) is 1. The monoisotopic (exact) mass is 389 g/mol. The molecule has 1 spiro atoms. The number of hydrogen-bond donors (Lipinski definition) is 0. The van der Waals surface area contributed by atoms with Gasteiger partial charge in [0.1, 0.15) is 6.10 Å². The summed E-state index contributed by atoms with van der Waals surface area (Å²) in [6.45, 7) is 6.99. The van der Waals surface area contributed by atoms with Gasteiger partial charge in [0.25, 0.3) is 0 Å². The zero-order valence-electron chi connectivity index (χ0n) is 17.1. The van der Waals surface area contributed by atoms with Crippen LogP contribution < -0.4 is 0 Å². The molecule has 0 bridgehead atoms. The van der Waals surface area contributed by atoms with Gasteiger partial charge in [-0.05, 0) is 58.1 Å². The summed E-state index contributed by atoms with van der Waals surface area (Å²) in [6.07, 6.45) is 8.04. The van der Waals surface area contributed by atoms with Crippen LogP contribution in [0.1, 0.15) is 59.3 Å². The average Bonchev–Trinajstić information content (AvgIpc) is 3.33. The lowest BCUT2D eigenvalue weighted by molar-refractivity contribution is -0.204. The van der Waals surface area contributed by atoms with Crippen LogP contribution in [0.3, 0.4) is 0 Å². The molecule has 0 aromatic carbocycles. The molecule has 8 atom stereocenters. The summed E-state index contributed by atoms with van der Waals surface area (Å²) in [4.78, 5) is 26.7. The van der Waals surface area contributed by atoms with Crippen molar-refractivity contribution in [2.75, 3.05) is 6.54 Å². The maximum atomic E-state index is 12.2. The predicted octanol–water partition coefficient (Wildman–Crippen LogP) is 2.81. The van der Waals surface area contributed by atoms with Crippen LogP contribution in [0.5, 0.6) is 0 Å². The molecule has 154 valence electrons. The van der Waals surface area contributed by atoms with Gasteiger partial charge in [0.05, 0.1) is 12.0 Å². The highest BCUT2D eigenvalue weighted by atomic mass is 16.7. The first-order valence-electron chi connectivity index (χ1n) is 11.0. The molecular formula is C22H31NO5. The summed E-state index contributed by atoms with van der Waals surface area (Å²) in [6, 6.07) is 0.722. The van der Waals surface area contributed by atoms with Crippen molar-refractivity contribution < 1.29 is 23.8 Å². The van der Waals surface area contributed by atoms with Gasteiger partial charge in [0, 0.05) is 29.5 Å². The maximum Gasteiger partial charge on any atom is 0.336 e. The zero-order valence-corrected chi connectivity index (χ0v) is 17.1. The standard InChI is InChI=1S/C22H31NO5/c1-4-14-19-16-8-7-15(18-10-12(2)20(24)26-18)23(16)9-5-6-17(19)27-22(14)11-13(3)21(25)28-22/h11-12,14-19H,4-10H2,1-3H3. The quantitative estimate of drug-likeness (QED) is 0.677. The second kappa shape index (κ2) is 6.56. The average molecular weight is 389 g/mol. The molecule has 0 aromatic heterocycles. The van der Waals surface area contributed by atoms with Gasteiger partial charge >= 0.3 is 11.9 Å². The van der Waals surface area contributed by atoms with Crippen LogP contribution in [0.15, 0.2) is 11.6 Å². The second-order valence-electron chi connectivity index (χ2n) is 9.39. The van der Waals surface area contributed by atoms with E-state index < -0.39 is 5.79 Å². The Bertz CT molecular complexity index is 720. The molecule has 5 heterocycles. The molecule has 0 saturated carbocycles. The number of carbonyl (C=O) groups is 2. The molecule has 4 saturated heterocycles. The molecule has 5 aliphatic rings. The van der Waals surface area contributed by atoms with Crippen LogP contribution in [-0.2, 0) is 23.8 Å². The number of cyclic esters (lactones) is 1. The predicted molar refractivity (Wildman–Crippen MR) is 101 cm³/mol. The summed E-state index contributed by atoms with van der Waals surface area (Å²) in [5.41, 5.74) is 0.655. The van der Waals surface area contributed by atoms with E-state index in [1.54, 1.807) is 0 Å². The van der Waals surface area contributed by atoms with Gasteiger partial charge in [0.2, 0.25) is 5.79 Å². The molecule has 0 N–H and O–H groups in total. The van der Waals surface area contributed by atoms with E-state index in [-0.39, 0.29) is 36.0 Å². The molecule has 6 nitrogen and oxygen atoms in total. The van der Waals surface area contributed by atoms with E-state index in [0.717, 1.165) is 45.1 Å². The zero-order chi connectivity index (χ0) is 19.6. The van der Waals surface area contributed by atoms with Crippen molar-refractivity contribution >= 4 is 11.9 Å². The van der Waals surface area contributed by atoms with E-state index in [1.165, 1.54) is 0 Å². The summed E-state index contributed by atoms with van der Waals surface area (Å²) < 4.78 is 18.1. The number of carbonyl (C=O) groups excluding carboxylic acids is 2. The molecule has 6 heteroatoms. The van der Waals surface area contributed by atoms with Crippen molar-refractivity contribution in [2.45, 2.75) is 89.4 Å². The molecule has 0 radical (unpaired) electrons. The number of hydrogen-bond acceptors (Lipinski definition) is 6. The first-order chi connectivity index (χ1) is 13.4. The molecular weight excluding hydrogens is 358 g/mol. The second-order valence-corrected chi connectivity index (χ2v) is 9.39. The molecule has 8 unspecified atom stereocenters. The van der Waals surface area contributed by atoms with Crippen molar-refractivity contribution in [1.82, 2.24) is 4.90 Å². The maximum absolute atomic E-state index is 12.2. The normalized spacial score (nSPS) is 48.2. The third-order valence-electron chi connectivity index (χ3n) is 7.82. The topological polar surface area (TPSA) is 65.1 Å². The first kappa shape index (κ1) is 18.6. The third-order valence-corrected chi connectivity index (χ3v) is 7.82. The van der Waals surface area contributed by atoms with Crippen LogP contribution in [0, 0.1) is 17.8 Å². The largest absolute Gasteiger partial charge is 0.460 e. The number of fused-ring (bicyclic) bond motifs is 3. The summed E-state index contributed by atoms with van der Waals surface area (Å²) >= 11 is 0. The van der Waals surface area contributed by atoms with Gasteiger partial charge in [-0.15, -0.1) is 0 Å². The Morgan fingerprint density at radius 3 is 2.61 bits per heavy atom. The molecule has 28 heavy (non-hydrogen) atoms. The lowest BCUT2D eigenvalue weighted by atomic mass is 9.77. The fourth-order valence-corrected chi connectivity index (χ4v) is 6.64. The van der Waals surface area contributed by atoms with E-state index in [0.29, 0.717) is 23.6 Å². The molecule has 0 aromatic rings. The van der Waals surface area contributed by atoms with E-state index in [4.69, 9.17) is 14.2 Å². The smallest absolute Gasteiger partial charge is 0.336 e. The highest BCUT2D eigenvalue weighted by Gasteiger charge is 2.62. The van der Waals surface area contributed by atoms with E-state index in [9.17, 15) is 9.59 Å². The molecule has 0 aliphatic carbocycles. The fraction of sp³-hybridized carbons (Fsp3) is 0.818. The Balaban J connectivity index is 1.43. The summed E-state index contributed by atoms with van der Waals surface area (Å²) in [5, 5.41) is 0. The molecule has 0 amide bonds. The number of esters is 2. The Hall–Kier alpha value is -1.40. The summed E-state index contributed by atoms with van der Waals surface area (Å²) in [5.74, 6) is -0.635. The van der Waals surface area contributed by atoms with Crippen LogP contribution in [0.4, 0.5) is 0 Å². The highest BCUT2D eigenvalue weighted by Crippen LogP contribution is 2.54. The minimum atomic E-state index is -0.874. The fourth-order valence-electron chi connectivity index (χ4n) is 6.64. The lowest BCUT2D eigenvalue weighted by Gasteiger charge is -2.37. The highest BCUT2D eigenvalue weighted by molar-refractivity contribution is 5.90. The van der Waals surface area contributed by atoms with Gasteiger partial charge in [-0.3, -0.25) is 9.69 Å². The minimum absolute atomic E-state index is 0.0104. The van der Waals surface area contributed by atoms with Crippen LogP contribution in [0.2, 0.25) is 0 Å². The lowest BCUT2D eigenvalue weighted by Crippen LogP contribution is -2.48. The van der Waals surface area contributed by atoms with Crippen LogP contribution >= 0.6 is 0 Å². The summed E-state index contributed by atoms with van der Waals surface area (Å²) in [7, 11) is 0. The van der Waals surface area contributed by atoms with Crippen molar-refractivity contribution in [3.8, 4) is 0 Å². The first-order valence-corrected chi connectivity index (χ1v) is 11.0. The molecule has 5 aliphatic heterocycles. The van der Waals surface area contributed by atoms with Crippen molar-refractivity contribution in [3.63, 3.8) is 0 Å². The minimum Gasteiger partial charge on any atom is -0.460 e. The molecule has 4 fully saturated rings. The van der Waals surface area contributed by atoms with E-state index >= 15 is 0 Å². The van der Waals surface area contributed by atoms with Crippen LogP contribution in [-0.4, -0.2) is 53.5 Å².